The maximum atomic E-state index is 13.4. The molecular weight excluding hydrogens is 458 g/mol. The number of aliphatic hydroxyl groups is 1. The number of methoxy groups -OCH3 is 1. The van der Waals surface area contributed by atoms with Gasteiger partial charge < -0.3 is 25.0 Å². The number of amides is 1. The van der Waals surface area contributed by atoms with Crippen molar-refractivity contribution in [1.29, 1.82) is 0 Å². The van der Waals surface area contributed by atoms with Crippen molar-refractivity contribution in [2.45, 2.75) is 38.2 Å². The van der Waals surface area contributed by atoms with Crippen molar-refractivity contribution in [3.8, 4) is 17.2 Å². The zero-order valence-corrected chi connectivity index (χ0v) is 20.5. The summed E-state index contributed by atoms with van der Waals surface area (Å²) in [5.41, 5.74) is 0.960. The molecule has 3 aromatic carbocycles. The Bertz CT molecular complexity index is 1250. The number of likely N-dealkylation sites (tertiary alicyclic amines) is 1. The fraction of sp³-hybridized carbons (Fsp3) is 0.310. The van der Waals surface area contributed by atoms with E-state index in [0.717, 1.165) is 11.6 Å². The van der Waals surface area contributed by atoms with Gasteiger partial charge in [0.1, 0.15) is 17.2 Å². The number of hydrogen-bond acceptors (Lipinski definition) is 6. The molecule has 0 atom stereocenters. The van der Waals surface area contributed by atoms with E-state index in [2.05, 4.69) is 0 Å². The number of nitrogens with zero attached hydrogens (tertiary/aromatic N) is 1. The monoisotopic (exact) mass is 489 g/mol. The third-order valence-electron chi connectivity index (χ3n) is 7.02. The number of ether oxygens (including phenoxy) is 1. The lowest BCUT2D eigenvalue weighted by Crippen LogP contribution is -2.45. The first-order valence-corrected chi connectivity index (χ1v) is 12.1. The van der Waals surface area contributed by atoms with Crippen molar-refractivity contribution in [3.05, 3.63) is 88.5 Å². The first-order valence-electron chi connectivity index (χ1n) is 12.1. The topological polar surface area (TPSA) is 107 Å². The van der Waals surface area contributed by atoms with Crippen LogP contribution in [0.4, 0.5) is 0 Å². The van der Waals surface area contributed by atoms with E-state index in [9.17, 15) is 24.9 Å². The molecule has 7 heteroatoms. The van der Waals surface area contributed by atoms with Gasteiger partial charge in [-0.3, -0.25) is 9.59 Å². The van der Waals surface area contributed by atoms with Gasteiger partial charge in [-0.15, -0.1) is 0 Å². The predicted molar refractivity (Wildman–Crippen MR) is 135 cm³/mol. The van der Waals surface area contributed by atoms with E-state index in [4.69, 9.17) is 4.74 Å². The molecule has 1 aliphatic heterocycles. The van der Waals surface area contributed by atoms with Crippen LogP contribution in [0.15, 0.2) is 60.7 Å². The van der Waals surface area contributed by atoms with Crippen LogP contribution in [0, 0.1) is 0 Å². The van der Waals surface area contributed by atoms with Gasteiger partial charge in [-0.05, 0) is 60.2 Å². The smallest absolute Gasteiger partial charge is 0.227 e. The number of piperidine rings is 1. The van der Waals surface area contributed by atoms with Crippen LogP contribution in [-0.4, -0.2) is 52.1 Å². The standard InChI is InChI=1S/C29H31NO6/c1-3-22-23(17-26(33)30-15-13-29(35,14-16-30)20-7-5-4-6-8-20)27(25(32)18-24(22)31)28(34)19-9-11-21(36-2)12-10-19/h4-12,18,31-32,35H,3,13-17H2,1-2H3. The van der Waals surface area contributed by atoms with Crippen molar-refractivity contribution in [2.75, 3.05) is 20.2 Å². The largest absolute Gasteiger partial charge is 0.508 e. The molecule has 1 fully saturated rings. The van der Waals surface area contributed by atoms with Gasteiger partial charge in [0.2, 0.25) is 5.91 Å². The summed E-state index contributed by atoms with van der Waals surface area (Å²) in [6, 6.07) is 17.1. The molecule has 0 bridgehead atoms. The van der Waals surface area contributed by atoms with Gasteiger partial charge in [0.25, 0.3) is 0 Å². The van der Waals surface area contributed by atoms with Crippen LogP contribution in [0.3, 0.4) is 0 Å². The van der Waals surface area contributed by atoms with E-state index in [-0.39, 0.29) is 29.4 Å². The second-order valence-corrected chi connectivity index (χ2v) is 9.11. The van der Waals surface area contributed by atoms with Crippen LogP contribution >= 0.6 is 0 Å². The first kappa shape index (κ1) is 25.3. The summed E-state index contributed by atoms with van der Waals surface area (Å²) in [4.78, 5) is 28.4. The van der Waals surface area contributed by atoms with Gasteiger partial charge in [0, 0.05) is 24.7 Å². The minimum absolute atomic E-state index is 0.0148. The molecule has 1 saturated heterocycles. The Kier molecular flexibility index (Phi) is 7.31. The summed E-state index contributed by atoms with van der Waals surface area (Å²) in [6.07, 6.45) is 1.02. The fourth-order valence-corrected chi connectivity index (χ4v) is 4.90. The van der Waals surface area contributed by atoms with E-state index in [1.165, 1.54) is 7.11 Å². The number of phenolic OH excluding ortho intramolecular Hbond substituents is 2. The predicted octanol–water partition coefficient (Wildman–Crippen LogP) is 3.95. The highest BCUT2D eigenvalue weighted by Crippen LogP contribution is 2.36. The molecule has 1 heterocycles. The Morgan fingerprint density at radius 2 is 1.58 bits per heavy atom. The molecule has 188 valence electrons. The van der Waals surface area contributed by atoms with Crippen LogP contribution < -0.4 is 4.74 Å². The quantitative estimate of drug-likeness (QED) is 0.434. The maximum Gasteiger partial charge on any atom is 0.227 e. The average molecular weight is 490 g/mol. The molecule has 0 spiro atoms. The molecule has 4 rings (SSSR count). The van der Waals surface area contributed by atoms with E-state index in [1.807, 2.05) is 37.3 Å². The van der Waals surface area contributed by atoms with E-state index in [0.29, 0.717) is 54.8 Å². The van der Waals surface area contributed by atoms with E-state index >= 15 is 0 Å². The van der Waals surface area contributed by atoms with Crippen LogP contribution in [0.1, 0.15) is 52.4 Å². The van der Waals surface area contributed by atoms with Gasteiger partial charge in [-0.2, -0.15) is 0 Å². The number of benzene rings is 3. The number of ketones is 1. The average Bonchev–Trinajstić information content (AvgIpc) is 2.89. The molecule has 3 N–H and O–H groups in total. The molecule has 3 aromatic rings. The maximum absolute atomic E-state index is 13.4. The number of carbonyl (C=O) groups excluding carboxylic acids is 2. The Morgan fingerprint density at radius 3 is 2.17 bits per heavy atom. The number of aromatic hydroxyl groups is 2. The number of carbonyl (C=O) groups is 2. The van der Waals surface area contributed by atoms with Crippen molar-refractivity contribution < 1.29 is 29.6 Å². The highest BCUT2D eigenvalue weighted by atomic mass is 16.5. The highest BCUT2D eigenvalue weighted by Gasteiger charge is 2.36. The zero-order valence-electron chi connectivity index (χ0n) is 20.5. The molecule has 1 amide bonds. The van der Waals surface area contributed by atoms with Crippen molar-refractivity contribution in [1.82, 2.24) is 4.90 Å². The molecule has 7 nitrogen and oxygen atoms in total. The SMILES string of the molecule is CCc1c(O)cc(O)c(C(=O)c2ccc(OC)cc2)c1CC(=O)N1CCC(O)(c2ccccc2)CC1. The van der Waals surface area contributed by atoms with Gasteiger partial charge in [0.15, 0.2) is 5.78 Å². The number of hydrogen-bond donors (Lipinski definition) is 3. The molecule has 36 heavy (non-hydrogen) atoms. The summed E-state index contributed by atoms with van der Waals surface area (Å²) in [5, 5.41) is 32.3. The lowest BCUT2D eigenvalue weighted by molar-refractivity contribution is -0.135. The molecule has 0 radical (unpaired) electrons. The summed E-state index contributed by atoms with van der Waals surface area (Å²) in [6.45, 7) is 2.54. The lowest BCUT2D eigenvalue weighted by Gasteiger charge is -2.38. The van der Waals surface area contributed by atoms with E-state index < -0.39 is 11.4 Å². The molecule has 0 saturated carbocycles. The van der Waals surface area contributed by atoms with Gasteiger partial charge in [0.05, 0.1) is 24.7 Å². The Labute approximate surface area is 210 Å². The van der Waals surface area contributed by atoms with Crippen LogP contribution in [-0.2, 0) is 23.2 Å². The van der Waals surface area contributed by atoms with Gasteiger partial charge >= 0.3 is 0 Å². The Morgan fingerprint density at radius 1 is 0.944 bits per heavy atom. The number of phenols is 2. The Balaban J connectivity index is 1.60. The lowest BCUT2D eigenvalue weighted by atomic mass is 9.84. The van der Waals surface area contributed by atoms with Gasteiger partial charge in [-0.25, -0.2) is 0 Å². The number of rotatable bonds is 7. The summed E-state index contributed by atoms with van der Waals surface area (Å²) in [7, 11) is 1.53. The fourth-order valence-electron chi connectivity index (χ4n) is 4.90. The van der Waals surface area contributed by atoms with Crippen molar-refractivity contribution in [2.24, 2.45) is 0 Å². The molecule has 0 aliphatic carbocycles. The third kappa shape index (κ3) is 4.93. The molecule has 0 unspecified atom stereocenters. The normalized spacial score (nSPS) is 14.9. The second-order valence-electron chi connectivity index (χ2n) is 9.11. The summed E-state index contributed by atoms with van der Waals surface area (Å²) in [5.74, 6) is -0.600. The minimum atomic E-state index is -0.995. The third-order valence-corrected chi connectivity index (χ3v) is 7.02. The Hall–Kier alpha value is -3.84. The highest BCUT2D eigenvalue weighted by molar-refractivity contribution is 6.12. The second kappa shape index (κ2) is 10.4. The molecule has 0 aromatic heterocycles. The van der Waals surface area contributed by atoms with E-state index in [1.54, 1.807) is 29.2 Å². The first-order chi connectivity index (χ1) is 17.3. The summed E-state index contributed by atoms with van der Waals surface area (Å²) < 4.78 is 5.16. The summed E-state index contributed by atoms with van der Waals surface area (Å²) >= 11 is 0. The molecule has 1 aliphatic rings. The minimum Gasteiger partial charge on any atom is -0.508 e. The van der Waals surface area contributed by atoms with Crippen LogP contribution in [0.2, 0.25) is 0 Å². The molecular formula is C29H31NO6. The zero-order chi connectivity index (χ0) is 25.9. The van der Waals surface area contributed by atoms with Crippen molar-refractivity contribution >= 4 is 11.7 Å². The van der Waals surface area contributed by atoms with Crippen molar-refractivity contribution in [3.63, 3.8) is 0 Å². The van der Waals surface area contributed by atoms with Crippen LogP contribution in [0.25, 0.3) is 0 Å². The van der Waals surface area contributed by atoms with Crippen LogP contribution in [0.5, 0.6) is 17.2 Å². The van der Waals surface area contributed by atoms with Gasteiger partial charge in [-0.1, -0.05) is 37.3 Å².